The second-order valence-electron chi connectivity index (χ2n) is 7.90. The SMILES string of the molecule is CN(CCN1CCCC1)C(=O)CC[C@@H]1CCCN2CCCC[C@H]12. The number of amides is 1. The first kappa shape index (κ1) is 17.2. The topological polar surface area (TPSA) is 26.8 Å². The molecule has 0 aromatic heterocycles. The fourth-order valence-electron chi connectivity index (χ4n) is 4.84. The van der Waals surface area contributed by atoms with Crippen molar-refractivity contribution in [3.8, 4) is 0 Å². The summed E-state index contributed by atoms with van der Waals surface area (Å²) in [6.45, 7) is 7.00. The van der Waals surface area contributed by atoms with E-state index in [9.17, 15) is 4.79 Å². The first-order valence-electron chi connectivity index (χ1n) is 9.94. The zero-order valence-electron chi connectivity index (χ0n) is 15.0. The number of carbonyl (C=O) groups excluding carboxylic acids is 1. The van der Waals surface area contributed by atoms with Gasteiger partial charge in [-0.25, -0.2) is 0 Å². The number of likely N-dealkylation sites (tertiary alicyclic amines) is 1. The van der Waals surface area contributed by atoms with Crippen molar-refractivity contribution >= 4 is 5.91 Å². The molecule has 0 aromatic carbocycles. The zero-order chi connectivity index (χ0) is 16.1. The predicted molar refractivity (Wildman–Crippen MR) is 94.5 cm³/mol. The molecular weight excluding hydrogens is 286 g/mol. The van der Waals surface area contributed by atoms with Gasteiger partial charge in [-0.1, -0.05) is 6.42 Å². The van der Waals surface area contributed by atoms with Gasteiger partial charge in [0.25, 0.3) is 0 Å². The molecule has 0 aromatic rings. The summed E-state index contributed by atoms with van der Waals surface area (Å²) in [6.07, 6.45) is 11.3. The maximum absolute atomic E-state index is 12.4. The summed E-state index contributed by atoms with van der Waals surface area (Å²) < 4.78 is 0. The largest absolute Gasteiger partial charge is 0.344 e. The van der Waals surface area contributed by atoms with Gasteiger partial charge in [0.1, 0.15) is 0 Å². The van der Waals surface area contributed by atoms with Crippen LogP contribution in [0, 0.1) is 5.92 Å². The van der Waals surface area contributed by atoms with E-state index in [-0.39, 0.29) is 0 Å². The van der Waals surface area contributed by atoms with Crippen LogP contribution >= 0.6 is 0 Å². The molecule has 4 heteroatoms. The predicted octanol–water partition coefficient (Wildman–Crippen LogP) is 2.59. The van der Waals surface area contributed by atoms with Gasteiger partial charge in [-0.15, -0.1) is 0 Å². The van der Waals surface area contributed by atoms with E-state index in [0.29, 0.717) is 5.91 Å². The van der Waals surface area contributed by atoms with Crippen molar-refractivity contribution in [2.45, 2.75) is 63.8 Å². The lowest BCUT2D eigenvalue weighted by Crippen LogP contribution is -2.48. The Morgan fingerprint density at radius 1 is 1.00 bits per heavy atom. The maximum Gasteiger partial charge on any atom is 0.222 e. The molecule has 2 atom stereocenters. The van der Waals surface area contributed by atoms with Crippen molar-refractivity contribution in [3.63, 3.8) is 0 Å². The Balaban J connectivity index is 1.38. The van der Waals surface area contributed by atoms with Crippen molar-refractivity contribution < 1.29 is 4.79 Å². The van der Waals surface area contributed by atoms with Crippen molar-refractivity contribution in [3.05, 3.63) is 0 Å². The average Bonchev–Trinajstić information content (AvgIpc) is 3.11. The van der Waals surface area contributed by atoms with Gasteiger partial charge in [0, 0.05) is 32.6 Å². The van der Waals surface area contributed by atoms with Crippen LogP contribution in [0.4, 0.5) is 0 Å². The van der Waals surface area contributed by atoms with Crippen molar-refractivity contribution in [2.75, 3.05) is 46.3 Å². The third-order valence-electron chi connectivity index (χ3n) is 6.33. The Bertz CT molecular complexity index is 379. The third kappa shape index (κ3) is 4.69. The van der Waals surface area contributed by atoms with Crippen LogP contribution in [0.2, 0.25) is 0 Å². The highest BCUT2D eigenvalue weighted by Crippen LogP contribution is 2.33. The van der Waals surface area contributed by atoms with E-state index in [4.69, 9.17) is 0 Å². The fourth-order valence-corrected chi connectivity index (χ4v) is 4.84. The maximum atomic E-state index is 12.4. The lowest BCUT2D eigenvalue weighted by Gasteiger charge is -2.44. The normalized spacial score (nSPS) is 29.4. The van der Waals surface area contributed by atoms with Gasteiger partial charge in [-0.3, -0.25) is 4.79 Å². The van der Waals surface area contributed by atoms with Gasteiger partial charge in [-0.2, -0.15) is 0 Å². The highest BCUT2D eigenvalue weighted by molar-refractivity contribution is 5.75. The summed E-state index contributed by atoms with van der Waals surface area (Å²) in [4.78, 5) is 19.6. The Labute approximate surface area is 142 Å². The van der Waals surface area contributed by atoms with E-state index >= 15 is 0 Å². The molecule has 132 valence electrons. The van der Waals surface area contributed by atoms with Crippen LogP contribution in [-0.4, -0.2) is 73.0 Å². The Kier molecular flexibility index (Phi) is 6.35. The van der Waals surface area contributed by atoms with Crippen molar-refractivity contribution in [2.24, 2.45) is 5.92 Å². The average molecular weight is 322 g/mol. The number of rotatable bonds is 6. The van der Waals surface area contributed by atoms with Crippen LogP contribution in [0.3, 0.4) is 0 Å². The standard InChI is InChI=1S/C19H35N3O/c1-20(15-16-21-11-4-5-12-21)19(23)10-9-17-7-6-14-22-13-3-2-8-18(17)22/h17-18H,2-16H2,1H3/t17-,18+/m0/s1. The zero-order valence-corrected chi connectivity index (χ0v) is 15.0. The second kappa shape index (κ2) is 8.48. The molecule has 0 N–H and O–H groups in total. The van der Waals surface area contributed by atoms with Crippen LogP contribution < -0.4 is 0 Å². The number of hydrogen-bond acceptors (Lipinski definition) is 3. The van der Waals surface area contributed by atoms with Gasteiger partial charge in [-0.05, 0) is 77.0 Å². The van der Waals surface area contributed by atoms with Crippen LogP contribution in [0.15, 0.2) is 0 Å². The molecule has 3 heterocycles. The number of likely N-dealkylation sites (N-methyl/N-ethyl adjacent to an activating group) is 1. The van der Waals surface area contributed by atoms with Crippen molar-refractivity contribution in [1.82, 2.24) is 14.7 Å². The molecule has 1 amide bonds. The molecule has 0 unspecified atom stereocenters. The van der Waals surface area contributed by atoms with Crippen LogP contribution in [-0.2, 0) is 4.79 Å². The molecule has 3 aliphatic heterocycles. The van der Waals surface area contributed by atoms with Crippen molar-refractivity contribution in [1.29, 1.82) is 0 Å². The number of nitrogens with zero attached hydrogens (tertiary/aromatic N) is 3. The minimum Gasteiger partial charge on any atom is -0.344 e. The molecule has 3 rings (SSSR count). The fraction of sp³-hybridized carbons (Fsp3) is 0.947. The van der Waals surface area contributed by atoms with E-state index in [0.717, 1.165) is 37.9 Å². The summed E-state index contributed by atoms with van der Waals surface area (Å²) >= 11 is 0. The molecule has 3 saturated heterocycles. The van der Waals surface area contributed by atoms with E-state index in [1.807, 2.05) is 11.9 Å². The minimum atomic E-state index is 0.358. The summed E-state index contributed by atoms with van der Waals surface area (Å²) in [5.74, 6) is 1.12. The smallest absolute Gasteiger partial charge is 0.222 e. The quantitative estimate of drug-likeness (QED) is 0.752. The van der Waals surface area contributed by atoms with Crippen LogP contribution in [0.25, 0.3) is 0 Å². The molecule has 3 fully saturated rings. The molecule has 3 aliphatic rings. The molecule has 0 bridgehead atoms. The van der Waals surface area contributed by atoms with Gasteiger partial charge in [0.05, 0.1) is 0 Å². The van der Waals surface area contributed by atoms with E-state index in [2.05, 4.69) is 9.80 Å². The number of carbonyl (C=O) groups is 1. The summed E-state index contributed by atoms with van der Waals surface area (Å²) in [5.41, 5.74) is 0. The Morgan fingerprint density at radius 2 is 1.74 bits per heavy atom. The number of piperidine rings is 2. The Morgan fingerprint density at radius 3 is 2.57 bits per heavy atom. The Hall–Kier alpha value is -0.610. The summed E-state index contributed by atoms with van der Waals surface area (Å²) in [7, 11) is 1.99. The summed E-state index contributed by atoms with van der Waals surface area (Å²) in [6, 6.07) is 0.778. The third-order valence-corrected chi connectivity index (χ3v) is 6.33. The monoisotopic (exact) mass is 321 g/mol. The second-order valence-corrected chi connectivity index (χ2v) is 7.90. The molecule has 4 nitrogen and oxygen atoms in total. The molecule has 0 saturated carbocycles. The van der Waals surface area contributed by atoms with Gasteiger partial charge in [0.15, 0.2) is 0 Å². The lowest BCUT2D eigenvalue weighted by molar-refractivity contribution is -0.130. The van der Waals surface area contributed by atoms with E-state index in [1.165, 1.54) is 71.1 Å². The first-order chi connectivity index (χ1) is 11.2. The summed E-state index contributed by atoms with van der Waals surface area (Å²) in [5, 5.41) is 0. The van der Waals surface area contributed by atoms with E-state index < -0.39 is 0 Å². The first-order valence-corrected chi connectivity index (χ1v) is 9.94. The molecular formula is C19H35N3O. The number of hydrogen-bond donors (Lipinski definition) is 0. The van der Waals surface area contributed by atoms with Crippen LogP contribution in [0.5, 0.6) is 0 Å². The van der Waals surface area contributed by atoms with Gasteiger partial charge >= 0.3 is 0 Å². The molecule has 0 radical (unpaired) electrons. The molecule has 0 spiro atoms. The highest BCUT2D eigenvalue weighted by Gasteiger charge is 2.33. The molecule has 23 heavy (non-hydrogen) atoms. The van der Waals surface area contributed by atoms with Crippen LogP contribution in [0.1, 0.15) is 57.8 Å². The van der Waals surface area contributed by atoms with Gasteiger partial charge in [0.2, 0.25) is 5.91 Å². The molecule has 0 aliphatic carbocycles. The lowest BCUT2D eigenvalue weighted by atomic mass is 9.81. The minimum absolute atomic E-state index is 0.358. The van der Waals surface area contributed by atoms with E-state index in [1.54, 1.807) is 0 Å². The van der Waals surface area contributed by atoms with Gasteiger partial charge < -0.3 is 14.7 Å². The number of fused-ring (bicyclic) bond motifs is 1. The highest BCUT2D eigenvalue weighted by atomic mass is 16.2.